The highest BCUT2D eigenvalue weighted by Crippen LogP contribution is 2.42. The van der Waals surface area contributed by atoms with Crippen molar-refractivity contribution in [2.24, 2.45) is 0 Å². The smallest absolute Gasteiger partial charge is 0.176 e. The average molecular weight is 595 g/mol. The fourth-order valence-corrected chi connectivity index (χ4v) is 7.48. The van der Waals surface area contributed by atoms with Gasteiger partial charge < -0.3 is 4.57 Å². The summed E-state index contributed by atoms with van der Waals surface area (Å²) in [7, 11) is 0. The number of rotatable bonds is 2. The molecule has 0 aliphatic carbocycles. The zero-order valence-corrected chi connectivity index (χ0v) is 24.7. The first-order valence-electron chi connectivity index (χ1n) is 15.0. The van der Waals surface area contributed by atoms with Gasteiger partial charge in [0.05, 0.1) is 33.1 Å². The molecule has 0 atom stereocenters. The number of nitrogens with zero attached hydrogens (tertiary/aromatic N) is 4. The fourth-order valence-electron chi connectivity index (χ4n) is 7.27. The van der Waals surface area contributed by atoms with Gasteiger partial charge in [-0.05, 0) is 70.1 Å². The number of hydrogen-bond acceptors (Lipinski definition) is 2. The van der Waals surface area contributed by atoms with Gasteiger partial charge in [-0.1, -0.05) is 103 Å². The van der Waals surface area contributed by atoms with E-state index in [4.69, 9.17) is 21.6 Å². The van der Waals surface area contributed by atoms with Crippen molar-refractivity contribution in [3.8, 4) is 11.5 Å². The molecule has 0 saturated heterocycles. The van der Waals surface area contributed by atoms with Crippen LogP contribution in [0.15, 0.2) is 140 Å². The SMILES string of the molecule is Clc1nc2ccccc2nc1-n1c2ccccc2c2cc(-n3c4ccc5ccccc5c4c4c5ccccc5ccc43)ccc21. The molecule has 10 rings (SSSR count). The number of halogens is 1. The molecule has 0 fully saturated rings. The van der Waals surface area contributed by atoms with Crippen molar-refractivity contribution < 1.29 is 0 Å². The quantitative estimate of drug-likeness (QED) is 0.199. The van der Waals surface area contributed by atoms with Gasteiger partial charge >= 0.3 is 0 Å². The second-order valence-electron chi connectivity index (χ2n) is 11.6. The Kier molecular flexibility index (Phi) is 5.02. The molecule has 0 bridgehead atoms. The van der Waals surface area contributed by atoms with Crippen LogP contribution in [0.2, 0.25) is 5.15 Å². The molecule has 4 nitrogen and oxygen atoms in total. The van der Waals surface area contributed by atoms with Crippen LogP contribution in [0, 0.1) is 0 Å². The topological polar surface area (TPSA) is 35.6 Å². The first-order valence-corrected chi connectivity index (χ1v) is 15.4. The number of aromatic nitrogens is 4. The Balaban J connectivity index is 1.32. The first-order chi connectivity index (χ1) is 22.2. The lowest BCUT2D eigenvalue weighted by molar-refractivity contribution is 1.07. The summed E-state index contributed by atoms with van der Waals surface area (Å²) < 4.78 is 4.56. The second kappa shape index (κ2) is 9.15. The van der Waals surface area contributed by atoms with Crippen LogP contribution in [0.3, 0.4) is 0 Å². The summed E-state index contributed by atoms with van der Waals surface area (Å²) in [5, 5.41) is 10.2. The molecule has 0 radical (unpaired) electrons. The van der Waals surface area contributed by atoms with Crippen molar-refractivity contribution in [3.05, 3.63) is 145 Å². The van der Waals surface area contributed by atoms with E-state index in [-0.39, 0.29) is 0 Å². The molecule has 0 spiro atoms. The minimum atomic E-state index is 0.376. The van der Waals surface area contributed by atoms with E-state index in [0.29, 0.717) is 11.0 Å². The Labute approximate surface area is 262 Å². The van der Waals surface area contributed by atoms with Crippen molar-refractivity contribution >= 4 is 87.8 Å². The van der Waals surface area contributed by atoms with Crippen LogP contribution < -0.4 is 0 Å². The molecule has 0 N–H and O–H groups in total. The van der Waals surface area contributed by atoms with Gasteiger partial charge in [-0.15, -0.1) is 0 Å². The highest BCUT2D eigenvalue weighted by atomic mass is 35.5. The van der Waals surface area contributed by atoms with Crippen LogP contribution in [0.1, 0.15) is 0 Å². The van der Waals surface area contributed by atoms with Crippen LogP contribution in [-0.4, -0.2) is 19.1 Å². The summed E-state index contributed by atoms with van der Waals surface area (Å²) in [6.45, 7) is 0. The van der Waals surface area contributed by atoms with Gasteiger partial charge in [-0.2, -0.15) is 0 Å². The molecule has 0 aliphatic rings. The van der Waals surface area contributed by atoms with Gasteiger partial charge in [0.15, 0.2) is 11.0 Å². The number of fused-ring (bicyclic) bond motifs is 11. The van der Waals surface area contributed by atoms with Crippen LogP contribution in [0.4, 0.5) is 0 Å². The Bertz CT molecular complexity index is 2750. The molecular weight excluding hydrogens is 572 g/mol. The third-order valence-electron chi connectivity index (χ3n) is 9.18. The van der Waals surface area contributed by atoms with E-state index in [9.17, 15) is 0 Å². The molecule has 0 aliphatic heterocycles. The van der Waals surface area contributed by atoms with Gasteiger partial charge in [-0.25, -0.2) is 9.97 Å². The number of hydrogen-bond donors (Lipinski definition) is 0. The minimum absolute atomic E-state index is 0.376. The first kappa shape index (κ1) is 24.7. The van der Waals surface area contributed by atoms with E-state index in [2.05, 4.69) is 124 Å². The zero-order valence-electron chi connectivity index (χ0n) is 23.9. The lowest BCUT2D eigenvalue weighted by Gasteiger charge is -2.11. The molecule has 0 unspecified atom stereocenters. The predicted octanol–water partition coefficient (Wildman–Crippen LogP) is 10.8. The minimum Gasteiger partial charge on any atom is -0.309 e. The summed E-state index contributed by atoms with van der Waals surface area (Å²) in [4.78, 5) is 9.69. The van der Waals surface area contributed by atoms with Crippen LogP contribution in [-0.2, 0) is 0 Å². The van der Waals surface area contributed by atoms with Gasteiger partial charge in [-0.3, -0.25) is 4.57 Å². The third-order valence-corrected chi connectivity index (χ3v) is 9.44. The Morgan fingerprint density at radius 2 is 0.956 bits per heavy atom. The maximum atomic E-state index is 6.84. The van der Waals surface area contributed by atoms with Crippen molar-refractivity contribution in [1.29, 1.82) is 0 Å². The highest BCUT2D eigenvalue weighted by molar-refractivity contribution is 6.32. The number of para-hydroxylation sites is 3. The van der Waals surface area contributed by atoms with E-state index in [1.54, 1.807) is 0 Å². The Hall–Kier alpha value is -5.71. The molecule has 10 aromatic rings. The van der Waals surface area contributed by atoms with Crippen molar-refractivity contribution in [2.45, 2.75) is 0 Å². The van der Waals surface area contributed by atoms with Gasteiger partial charge in [0, 0.05) is 27.2 Å². The van der Waals surface area contributed by atoms with Crippen LogP contribution in [0.25, 0.3) is 87.7 Å². The molecule has 7 aromatic carbocycles. The molecule has 210 valence electrons. The monoisotopic (exact) mass is 594 g/mol. The molecule has 3 aromatic heterocycles. The standard InChI is InChI=1S/C40H23ClN4/c41-39-40(43-32-15-7-6-14-31(32)42-39)45-33-16-8-5-13-29(33)30-23-26(19-22-34(30)45)44-35-20-17-24-9-1-3-11-27(24)37(35)38-28-12-4-2-10-25(28)18-21-36(38)44/h1-23H. The van der Waals surface area contributed by atoms with Crippen LogP contribution in [0.5, 0.6) is 0 Å². The van der Waals surface area contributed by atoms with Crippen molar-refractivity contribution in [3.63, 3.8) is 0 Å². The van der Waals surface area contributed by atoms with E-state index < -0.39 is 0 Å². The maximum absolute atomic E-state index is 6.84. The lowest BCUT2D eigenvalue weighted by Crippen LogP contribution is -2.01. The summed E-state index contributed by atoms with van der Waals surface area (Å²) in [6.07, 6.45) is 0. The molecule has 0 saturated carbocycles. The van der Waals surface area contributed by atoms with Crippen LogP contribution >= 0.6 is 11.6 Å². The van der Waals surface area contributed by atoms with Crippen molar-refractivity contribution in [2.75, 3.05) is 0 Å². The second-order valence-corrected chi connectivity index (χ2v) is 11.9. The van der Waals surface area contributed by atoms with Gasteiger partial charge in [0.1, 0.15) is 0 Å². The zero-order chi connectivity index (χ0) is 29.6. The van der Waals surface area contributed by atoms with E-state index in [0.717, 1.165) is 38.5 Å². The molecule has 5 heteroatoms. The van der Waals surface area contributed by atoms with E-state index in [1.165, 1.54) is 43.4 Å². The predicted molar refractivity (Wildman–Crippen MR) is 188 cm³/mol. The average Bonchev–Trinajstić information content (AvgIpc) is 3.61. The lowest BCUT2D eigenvalue weighted by atomic mass is 10.00. The van der Waals surface area contributed by atoms with E-state index >= 15 is 0 Å². The van der Waals surface area contributed by atoms with Gasteiger partial charge in [0.2, 0.25) is 0 Å². The molecular formula is C40H23ClN4. The number of benzene rings is 7. The Morgan fingerprint density at radius 3 is 1.64 bits per heavy atom. The van der Waals surface area contributed by atoms with Gasteiger partial charge in [0.25, 0.3) is 0 Å². The normalized spacial score (nSPS) is 12.1. The highest BCUT2D eigenvalue weighted by Gasteiger charge is 2.20. The molecule has 3 heterocycles. The summed E-state index contributed by atoms with van der Waals surface area (Å²) in [6, 6.07) is 49.4. The molecule has 45 heavy (non-hydrogen) atoms. The summed E-state index contributed by atoms with van der Waals surface area (Å²) in [5.41, 5.74) is 7.13. The fraction of sp³-hybridized carbons (Fsp3) is 0. The van der Waals surface area contributed by atoms with Crippen molar-refractivity contribution in [1.82, 2.24) is 19.1 Å². The summed E-state index contributed by atoms with van der Waals surface area (Å²) >= 11 is 6.84. The maximum Gasteiger partial charge on any atom is 0.176 e. The Morgan fingerprint density at radius 1 is 0.422 bits per heavy atom. The van der Waals surface area contributed by atoms with E-state index in [1.807, 2.05) is 24.3 Å². The summed E-state index contributed by atoms with van der Waals surface area (Å²) in [5.74, 6) is 0.629. The third kappa shape index (κ3) is 3.43. The molecule has 0 amide bonds. The largest absolute Gasteiger partial charge is 0.309 e.